The average Bonchev–Trinajstić information content (AvgIpc) is 2.50. The first-order chi connectivity index (χ1) is 6.65. The Kier molecular flexibility index (Phi) is 3.63. The molecule has 2 aliphatic rings. The predicted octanol–water partition coefficient (Wildman–Crippen LogP) is 0.476. The van der Waals surface area contributed by atoms with Crippen LogP contribution in [0.15, 0.2) is 0 Å². The van der Waals surface area contributed by atoms with Crippen LogP contribution in [0.1, 0.15) is 25.7 Å². The van der Waals surface area contributed by atoms with E-state index >= 15 is 0 Å². The van der Waals surface area contributed by atoms with Crippen LogP contribution in [0.5, 0.6) is 0 Å². The van der Waals surface area contributed by atoms with Crippen molar-refractivity contribution in [3.63, 3.8) is 0 Å². The highest BCUT2D eigenvalue weighted by Gasteiger charge is 2.60. The molecule has 1 unspecified atom stereocenters. The summed E-state index contributed by atoms with van der Waals surface area (Å²) < 4.78 is 4.81. The molecule has 2 rings (SSSR count). The standard InChI is InChI=1S/C10H17NO3.ClH/c1-14-8(12)9(3-2-4-9)10(13)5-6-11-7-10;/h11,13H,2-7H2,1H3;1H. The monoisotopic (exact) mass is 235 g/mol. The van der Waals surface area contributed by atoms with Crippen molar-refractivity contribution in [3.8, 4) is 0 Å². The van der Waals surface area contributed by atoms with E-state index in [2.05, 4.69) is 5.32 Å². The summed E-state index contributed by atoms with van der Waals surface area (Å²) in [6.45, 7) is 1.30. The van der Waals surface area contributed by atoms with Gasteiger partial charge in [0.25, 0.3) is 0 Å². The van der Waals surface area contributed by atoms with Crippen molar-refractivity contribution in [2.75, 3.05) is 20.2 Å². The van der Waals surface area contributed by atoms with Crippen LogP contribution in [-0.4, -0.2) is 36.9 Å². The maximum Gasteiger partial charge on any atom is 0.314 e. The molecule has 0 aromatic carbocycles. The first kappa shape index (κ1) is 12.7. The number of ether oxygens (including phenoxy) is 1. The van der Waals surface area contributed by atoms with E-state index in [1.807, 2.05) is 0 Å². The highest BCUT2D eigenvalue weighted by Crippen LogP contribution is 2.52. The van der Waals surface area contributed by atoms with Crippen LogP contribution in [0, 0.1) is 5.41 Å². The fraction of sp³-hybridized carbons (Fsp3) is 0.900. The SMILES string of the molecule is COC(=O)C1(C2(O)CCNC2)CCC1.Cl. The Labute approximate surface area is 95.8 Å². The molecule has 1 atom stereocenters. The Morgan fingerprint density at radius 1 is 1.40 bits per heavy atom. The van der Waals surface area contributed by atoms with Gasteiger partial charge in [0.15, 0.2) is 0 Å². The van der Waals surface area contributed by atoms with E-state index in [1.54, 1.807) is 0 Å². The van der Waals surface area contributed by atoms with Crippen molar-refractivity contribution in [2.24, 2.45) is 5.41 Å². The van der Waals surface area contributed by atoms with Crippen LogP contribution < -0.4 is 5.32 Å². The van der Waals surface area contributed by atoms with Gasteiger partial charge in [-0.15, -0.1) is 12.4 Å². The number of hydrogen-bond acceptors (Lipinski definition) is 4. The van der Waals surface area contributed by atoms with E-state index in [-0.39, 0.29) is 18.4 Å². The number of aliphatic hydroxyl groups is 1. The molecule has 1 aliphatic carbocycles. The molecule has 2 fully saturated rings. The summed E-state index contributed by atoms with van der Waals surface area (Å²) in [5.74, 6) is -0.241. The molecule has 2 N–H and O–H groups in total. The summed E-state index contributed by atoms with van der Waals surface area (Å²) in [7, 11) is 1.40. The molecule has 0 radical (unpaired) electrons. The van der Waals surface area contributed by atoms with Gasteiger partial charge in [-0.25, -0.2) is 0 Å². The van der Waals surface area contributed by atoms with Crippen molar-refractivity contribution in [1.82, 2.24) is 5.32 Å². The zero-order valence-corrected chi connectivity index (χ0v) is 9.73. The Balaban J connectivity index is 0.00000112. The summed E-state index contributed by atoms with van der Waals surface area (Å²) >= 11 is 0. The zero-order valence-electron chi connectivity index (χ0n) is 8.91. The number of nitrogens with one attached hydrogen (secondary N) is 1. The van der Waals surface area contributed by atoms with E-state index in [0.29, 0.717) is 13.0 Å². The quantitative estimate of drug-likeness (QED) is 0.684. The lowest BCUT2D eigenvalue weighted by Gasteiger charge is -2.48. The maximum atomic E-state index is 11.7. The lowest BCUT2D eigenvalue weighted by atomic mass is 9.58. The third-order valence-corrected chi connectivity index (χ3v) is 3.81. The summed E-state index contributed by atoms with van der Waals surface area (Å²) in [6.07, 6.45) is 3.19. The van der Waals surface area contributed by atoms with Crippen LogP contribution in [-0.2, 0) is 9.53 Å². The molecule has 0 bridgehead atoms. The lowest BCUT2D eigenvalue weighted by molar-refractivity contribution is -0.184. The second kappa shape index (κ2) is 4.28. The number of carbonyl (C=O) groups excluding carboxylic acids is 1. The van der Waals surface area contributed by atoms with Gasteiger partial charge in [0.2, 0.25) is 0 Å². The topological polar surface area (TPSA) is 58.6 Å². The van der Waals surface area contributed by atoms with E-state index in [9.17, 15) is 9.90 Å². The molecule has 1 aliphatic heterocycles. The van der Waals surface area contributed by atoms with Crippen LogP contribution >= 0.6 is 12.4 Å². The Hall–Kier alpha value is -0.320. The van der Waals surface area contributed by atoms with Gasteiger partial charge >= 0.3 is 5.97 Å². The highest BCUT2D eigenvalue weighted by molar-refractivity contribution is 5.85. The molecule has 1 saturated carbocycles. The second-order valence-corrected chi connectivity index (χ2v) is 4.39. The Morgan fingerprint density at radius 2 is 2.07 bits per heavy atom. The normalized spacial score (nSPS) is 32.7. The van der Waals surface area contributed by atoms with Crippen LogP contribution in [0.3, 0.4) is 0 Å². The third kappa shape index (κ3) is 1.65. The fourth-order valence-electron chi connectivity index (χ4n) is 2.67. The first-order valence-electron chi connectivity index (χ1n) is 5.16. The van der Waals surface area contributed by atoms with Crippen molar-refractivity contribution in [2.45, 2.75) is 31.3 Å². The van der Waals surface area contributed by atoms with Gasteiger partial charge in [-0.05, 0) is 25.8 Å². The molecule has 4 nitrogen and oxygen atoms in total. The minimum absolute atomic E-state index is 0. The van der Waals surface area contributed by atoms with E-state index in [1.165, 1.54) is 7.11 Å². The molecule has 88 valence electrons. The molecule has 0 spiro atoms. The van der Waals surface area contributed by atoms with Gasteiger partial charge in [0.05, 0.1) is 18.1 Å². The number of esters is 1. The van der Waals surface area contributed by atoms with E-state index in [4.69, 9.17) is 4.74 Å². The molecule has 1 saturated heterocycles. The lowest BCUT2D eigenvalue weighted by Crippen LogP contribution is -2.58. The van der Waals surface area contributed by atoms with Crippen molar-refractivity contribution in [1.29, 1.82) is 0 Å². The van der Waals surface area contributed by atoms with E-state index in [0.717, 1.165) is 25.8 Å². The van der Waals surface area contributed by atoms with Crippen molar-refractivity contribution < 1.29 is 14.6 Å². The summed E-state index contributed by atoms with van der Waals surface area (Å²) in [5, 5.41) is 13.5. The molecule has 15 heavy (non-hydrogen) atoms. The fourth-order valence-corrected chi connectivity index (χ4v) is 2.67. The maximum absolute atomic E-state index is 11.7. The summed E-state index contributed by atoms with van der Waals surface area (Å²) in [4.78, 5) is 11.7. The van der Waals surface area contributed by atoms with Gasteiger partial charge in [-0.3, -0.25) is 4.79 Å². The minimum atomic E-state index is -0.877. The second-order valence-electron chi connectivity index (χ2n) is 4.39. The van der Waals surface area contributed by atoms with Gasteiger partial charge in [-0.2, -0.15) is 0 Å². The largest absolute Gasteiger partial charge is 0.469 e. The number of hydrogen-bond donors (Lipinski definition) is 2. The van der Waals surface area contributed by atoms with Gasteiger partial charge < -0.3 is 15.2 Å². The molecule has 0 aromatic rings. The molecular formula is C10H18ClNO3. The van der Waals surface area contributed by atoms with Gasteiger partial charge in [0.1, 0.15) is 0 Å². The van der Waals surface area contributed by atoms with E-state index < -0.39 is 11.0 Å². The number of rotatable bonds is 2. The first-order valence-corrected chi connectivity index (χ1v) is 5.16. The molecule has 0 aromatic heterocycles. The Bertz CT molecular complexity index is 247. The molecule has 0 amide bonds. The van der Waals surface area contributed by atoms with Gasteiger partial charge in [-0.1, -0.05) is 6.42 Å². The zero-order chi connectivity index (χ0) is 10.2. The summed E-state index contributed by atoms with van der Waals surface area (Å²) in [6, 6.07) is 0. The van der Waals surface area contributed by atoms with Crippen LogP contribution in [0.4, 0.5) is 0 Å². The van der Waals surface area contributed by atoms with Gasteiger partial charge in [0, 0.05) is 6.54 Å². The van der Waals surface area contributed by atoms with Crippen molar-refractivity contribution >= 4 is 18.4 Å². The number of β-amino-alcohol motifs (C(OH)–C–C–N with tert-alkyl or cyclic N) is 1. The van der Waals surface area contributed by atoms with Crippen molar-refractivity contribution in [3.05, 3.63) is 0 Å². The average molecular weight is 236 g/mol. The highest BCUT2D eigenvalue weighted by atomic mass is 35.5. The smallest absolute Gasteiger partial charge is 0.314 e. The molecule has 5 heteroatoms. The summed E-state index contributed by atoms with van der Waals surface area (Å²) in [5.41, 5.74) is -1.50. The predicted molar refractivity (Wildman–Crippen MR) is 58.0 cm³/mol. The van der Waals surface area contributed by atoms with Crippen LogP contribution in [0.25, 0.3) is 0 Å². The minimum Gasteiger partial charge on any atom is -0.469 e. The number of halogens is 1. The van der Waals surface area contributed by atoms with Crippen LogP contribution in [0.2, 0.25) is 0 Å². The molecular weight excluding hydrogens is 218 g/mol. The number of methoxy groups -OCH3 is 1. The third-order valence-electron chi connectivity index (χ3n) is 3.81. The number of carbonyl (C=O) groups is 1. The molecule has 1 heterocycles. The Morgan fingerprint density at radius 3 is 2.40 bits per heavy atom.